The van der Waals surface area contributed by atoms with Crippen LogP contribution in [0.1, 0.15) is 20.3 Å². The standard InChI is InChI=1S/C8H14N2/c1-6-4-7(2)8(9-3)10-5-6/h5-6,9H,4H2,1-3H3/t6-/m1/s1. The summed E-state index contributed by atoms with van der Waals surface area (Å²) in [6.45, 7) is 4.30. The lowest BCUT2D eigenvalue weighted by Gasteiger charge is -2.15. The molecule has 1 N–H and O–H groups in total. The van der Waals surface area contributed by atoms with E-state index in [0.717, 1.165) is 12.2 Å². The van der Waals surface area contributed by atoms with Gasteiger partial charge in [0.1, 0.15) is 5.82 Å². The van der Waals surface area contributed by atoms with Crippen LogP contribution in [0.25, 0.3) is 0 Å². The van der Waals surface area contributed by atoms with E-state index in [9.17, 15) is 0 Å². The fourth-order valence-corrected chi connectivity index (χ4v) is 1.22. The molecule has 0 radical (unpaired) electrons. The molecule has 2 heteroatoms. The van der Waals surface area contributed by atoms with Crippen molar-refractivity contribution in [1.29, 1.82) is 0 Å². The fraction of sp³-hybridized carbons (Fsp3) is 0.625. The van der Waals surface area contributed by atoms with Crippen molar-refractivity contribution in [2.24, 2.45) is 10.9 Å². The maximum atomic E-state index is 4.25. The second kappa shape index (κ2) is 2.86. The molecule has 1 rings (SSSR count). The molecule has 0 spiro atoms. The number of nitrogens with one attached hydrogen (secondary N) is 1. The summed E-state index contributed by atoms with van der Waals surface area (Å²) in [6, 6.07) is 0. The van der Waals surface area contributed by atoms with E-state index >= 15 is 0 Å². The summed E-state index contributed by atoms with van der Waals surface area (Å²) < 4.78 is 0. The Bertz CT molecular complexity index is 180. The van der Waals surface area contributed by atoms with Gasteiger partial charge in [-0.05, 0) is 24.8 Å². The molecular formula is C8H14N2. The molecule has 0 aromatic carbocycles. The third kappa shape index (κ3) is 1.38. The van der Waals surface area contributed by atoms with Gasteiger partial charge in [-0.15, -0.1) is 0 Å². The quantitative estimate of drug-likeness (QED) is 0.584. The number of hydrogen-bond donors (Lipinski definition) is 1. The maximum absolute atomic E-state index is 4.25. The van der Waals surface area contributed by atoms with Gasteiger partial charge in [0.15, 0.2) is 0 Å². The summed E-state index contributed by atoms with van der Waals surface area (Å²) in [5.41, 5.74) is 1.36. The number of hydrogen-bond acceptors (Lipinski definition) is 2. The number of nitrogens with zero attached hydrogens (tertiary/aromatic N) is 1. The van der Waals surface area contributed by atoms with Gasteiger partial charge in [0.25, 0.3) is 0 Å². The summed E-state index contributed by atoms with van der Waals surface area (Å²) >= 11 is 0. The summed E-state index contributed by atoms with van der Waals surface area (Å²) in [4.78, 5) is 4.25. The van der Waals surface area contributed by atoms with Crippen LogP contribution in [0.2, 0.25) is 0 Å². The predicted octanol–water partition coefficient (Wildman–Crippen LogP) is 1.55. The van der Waals surface area contributed by atoms with Gasteiger partial charge in [-0.3, -0.25) is 0 Å². The highest BCUT2D eigenvalue weighted by Crippen LogP contribution is 2.17. The third-order valence-corrected chi connectivity index (χ3v) is 1.73. The molecule has 0 aliphatic carbocycles. The predicted molar refractivity (Wildman–Crippen MR) is 44.0 cm³/mol. The molecule has 1 atom stereocenters. The van der Waals surface area contributed by atoms with Gasteiger partial charge >= 0.3 is 0 Å². The molecule has 0 amide bonds. The first-order valence-corrected chi connectivity index (χ1v) is 3.65. The molecule has 1 heterocycles. The fourth-order valence-electron chi connectivity index (χ4n) is 1.22. The van der Waals surface area contributed by atoms with E-state index in [1.807, 2.05) is 13.3 Å². The van der Waals surface area contributed by atoms with Crippen LogP contribution in [0, 0.1) is 5.92 Å². The second-order valence-electron chi connectivity index (χ2n) is 2.84. The van der Waals surface area contributed by atoms with Crippen molar-refractivity contribution in [2.75, 3.05) is 7.05 Å². The SMILES string of the molecule is CNC1=C(C)C[C@@H](C)C=N1. The van der Waals surface area contributed by atoms with Gasteiger partial charge in [-0.1, -0.05) is 6.92 Å². The van der Waals surface area contributed by atoms with E-state index < -0.39 is 0 Å². The van der Waals surface area contributed by atoms with Crippen molar-refractivity contribution >= 4 is 6.21 Å². The Morgan fingerprint density at radius 3 is 2.90 bits per heavy atom. The average Bonchev–Trinajstić information content (AvgIpc) is 1.88. The first-order chi connectivity index (χ1) is 4.74. The van der Waals surface area contributed by atoms with Crippen molar-refractivity contribution in [2.45, 2.75) is 20.3 Å². The summed E-state index contributed by atoms with van der Waals surface area (Å²) in [6.07, 6.45) is 3.14. The van der Waals surface area contributed by atoms with E-state index in [4.69, 9.17) is 0 Å². The van der Waals surface area contributed by atoms with Gasteiger partial charge in [-0.25, -0.2) is 4.99 Å². The Morgan fingerprint density at radius 2 is 2.40 bits per heavy atom. The number of rotatable bonds is 1. The molecule has 0 saturated heterocycles. The van der Waals surface area contributed by atoms with Gasteiger partial charge in [0.2, 0.25) is 0 Å². The van der Waals surface area contributed by atoms with Crippen LogP contribution in [0.5, 0.6) is 0 Å². The molecule has 0 saturated carbocycles. The molecule has 0 unspecified atom stereocenters. The van der Waals surface area contributed by atoms with Crippen molar-refractivity contribution in [1.82, 2.24) is 5.32 Å². The highest BCUT2D eigenvalue weighted by Gasteiger charge is 2.08. The van der Waals surface area contributed by atoms with Gasteiger partial charge in [0, 0.05) is 13.3 Å². The van der Waals surface area contributed by atoms with E-state index in [1.54, 1.807) is 0 Å². The minimum absolute atomic E-state index is 0.608. The molecule has 0 fully saturated rings. The van der Waals surface area contributed by atoms with Gasteiger partial charge < -0.3 is 5.32 Å². The van der Waals surface area contributed by atoms with E-state index in [1.165, 1.54) is 5.57 Å². The monoisotopic (exact) mass is 138 g/mol. The van der Waals surface area contributed by atoms with Crippen LogP contribution in [0.3, 0.4) is 0 Å². The summed E-state index contributed by atoms with van der Waals surface area (Å²) in [5.74, 6) is 1.65. The van der Waals surface area contributed by atoms with Crippen molar-refractivity contribution < 1.29 is 0 Å². The Morgan fingerprint density at radius 1 is 1.70 bits per heavy atom. The zero-order chi connectivity index (χ0) is 7.56. The second-order valence-corrected chi connectivity index (χ2v) is 2.84. The van der Waals surface area contributed by atoms with Gasteiger partial charge in [0.05, 0.1) is 0 Å². The smallest absolute Gasteiger partial charge is 0.124 e. The van der Waals surface area contributed by atoms with Crippen LogP contribution >= 0.6 is 0 Å². The van der Waals surface area contributed by atoms with E-state index in [0.29, 0.717) is 5.92 Å². The highest BCUT2D eigenvalue weighted by atomic mass is 15.0. The molecule has 1 aliphatic rings. The molecule has 56 valence electrons. The molecule has 0 aromatic rings. The number of allylic oxidation sites excluding steroid dienone is 1. The molecule has 2 nitrogen and oxygen atoms in total. The minimum Gasteiger partial charge on any atom is -0.373 e. The normalized spacial score (nSPS) is 25.3. The van der Waals surface area contributed by atoms with Crippen LogP contribution in [0.15, 0.2) is 16.4 Å². The van der Waals surface area contributed by atoms with E-state index in [-0.39, 0.29) is 0 Å². The van der Waals surface area contributed by atoms with Crippen LogP contribution < -0.4 is 5.32 Å². The summed E-state index contributed by atoms with van der Waals surface area (Å²) in [7, 11) is 1.91. The average molecular weight is 138 g/mol. The first kappa shape index (κ1) is 7.32. The lowest BCUT2D eigenvalue weighted by molar-refractivity contribution is 0.725. The maximum Gasteiger partial charge on any atom is 0.124 e. The highest BCUT2D eigenvalue weighted by molar-refractivity contribution is 5.64. The molecule has 0 aromatic heterocycles. The van der Waals surface area contributed by atoms with Crippen molar-refractivity contribution in [3.63, 3.8) is 0 Å². The van der Waals surface area contributed by atoms with Crippen LogP contribution in [-0.4, -0.2) is 13.3 Å². The van der Waals surface area contributed by atoms with Crippen LogP contribution in [0.4, 0.5) is 0 Å². The molecule has 10 heavy (non-hydrogen) atoms. The Labute approximate surface area is 62.0 Å². The van der Waals surface area contributed by atoms with Gasteiger partial charge in [-0.2, -0.15) is 0 Å². The zero-order valence-corrected chi connectivity index (χ0v) is 6.81. The lowest BCUT2D eigenvalue weighted by atomic mass is 10.0. The molecular weight excluding hydrogens is 124 g/mol. The third-order valence-electron chi connectivity index (χ3n) is 1.73. The Hall–Kier alpha value is -0.790. The zero-order valence-electron chi connectivity index (χ0n) is 6.81. The minimum atomic E-state index is 0.608. The Balaban J connectivity index is 2.73. The lowest BCUT2D eigenvalue weighted by Crippen LogP contribution is -2.13. The van der Waals surface area contributed by atoms with Crippen molar-refractivity contribution in [3.8, 4) is 0 Å². The topological polar surface area (TPSA) is 24.4 Å². The number of aliphatic imine (C=N–C) groups is 1. The van der Waals surface area contributed by atoms with E-state index in [2.05, 4.69) is 24.2 Å². The molecule has 1 aliphatic heterocycles. The van der Waals surface area contributed by atoms with Crippen LogP contribution in [-0.2, 0) is 0 Å². The largest absolute Gasteiger partial charge is 0.373 e. The Kier molecular flexibility index (Phi) is 2.10. The summed E-state index contributed by atoms with van der Waals surface area (Å²) in [5, 5.41) is 3.06. The first-order valence-electron chi connectivity index (χ1n) is 3.65. The van der Waals surface area contributed by atoms with Crippen molar-refractivity contribution in [3.05, 3.63) is 11.4 Å². The molecule has 0 bridgehead atoms.